The van der Waals surface area contributed by atoms with Crippen LogP contribution in [0.25, 0.3) is 0 Å². The monoisotopic (exact) mass is 244 g/mol. The Labute approximate surface area is 103 Å². The minimum Gasteiger partial charge on any atom is -0.126 e. The lowest BCUT2D eigenvalue weighted by Gasteiger charge is -2.18. The van der Waals surface area contributed by atoms with Crippen molar-refractivity contribution in [2.75, 3.05) is 5.88 Å². The van der Waals surface area contributed by atoms with Crippen LogP contribution < -0.4 is 0 Å². The molecule has 0 spiro atoms. The fourth-order valence-corrected chi connectivity index (χ4v) is 2.11. The molecule has 0 aliphatic heterocycles. The van der Waals surface area contributed by atoms with E-state index in [2.05, 4.69) is 26.0 Å². The molecule has 2 heteroatoms. The van der Waals surface area contributed by atoms with E-state index >= 15 is 0 Å². The van der Waals surface area contributed by atoms with Gasteiger partial charge in [-0.1, -0.05) is 44.0 Å². The lowest BCUT2D eigenvalue weighted by molar-refractivity contribution is 0.473. The topological polar surface area (TPSA) is 0 Å². The fraction of sp³-hybridized carbons (Fsp3) is 0.538. The van der Waals surface area contributed by atoms with Gasteiger partial charge in [0.15, 0.2) is 0 Å². The Kier molecular flexibility index (Phi) is 5.49. The maximum atomic E-state index is 6.01. The van der Waals surface area contributed by atoms with Gasteiger partial charge in [0, 0.05) is 10.9 Å². The van der Waals surface area contributed by atoms with Crippen molar-refractivity contribution >= 4 is 23.2 Å². The van der Waals surface area contributed by atoms with Crippen molar-refractivity contribution in [1.29, 1.82) is 0 Å². The van der Waals surface area contributed by atoms with Gasteiger partial charge >= 0.3 is 0 Å². The summed E-state index contributed by atoms with van der Waals surface area (Å²) in [6, 6.07) is 8.04. The van der Waals surface area contributed by atoms with Gasteiger partial charge in [0.05, 0.1) is 0 Å². The summed E-state index contributed by atoms with van der Waals surface area (Å²) in [7, 11) is 0. The van der Waals surface area contributed by atoms with Gasteiger partial charge in [-0.15, -0.1) is 11.6 Å². The molecule has 0 radical (unpaired) electrons. The lowest BCUT2D eigenvalue weighted by atomic mass is 9.90. The molecule has 0 N–H and O–H groups in total. The van der Waals surface area contributed by atoms with Crippen LogP contribution in [0.4, 0.5) is 0 Å². The summed E-state index contributed by atoms with van der Waals surface area (Å²) in [5.74, 6) is 1.87. The van der Waals surface area contributed by atoms with Crippen LogP contribution in [0.1, 0.15) is 38.2 Å². The second-order valence-electron chi connectivity index (χ2n) is 4.15. The quantitative estimate of drug-likeness (QED) is 0.633. The van der Waals surface area contributed by atoms with E-state index in [-0.39, 0.29) is 0 Å². The summed E-state index contributed by atoms with van der Waals surface area (Å²) in [5.41, 5.74) is 1.30. The molecule has 0 heterocycles. The summed E-state index contributed by atoms with van der Waals surface area (Å²) >= 11 is 11.9. The van der Waals surface area contributed by atoms with E-state index in [1.54, 1.807) is 0 Å². The molecule has 0 aliphatic rings. The lowest BCUT2D eigenvalue weighted by Crippen LogP contribution is -2.06. The van der Waals surface area contributed by atoms with E-state index in [1.807, 2.05) is 12.1 Å². The van der Waals surface area contributed by atoms with Crippen LogP contribution >= 0.6 is 23.2 Å². The summed E-state index contributed by atoms with van der Waals surface area (Å²) in [5, 5.41) is 0.788. The van der Waals surface area contributed by atoms with Gasteiger partial charge in [0.2, 0.25) is 0 Å². The maximum absolute atomic E-state index is 6.01. The van der Waals surface area contributed by atoms with Gasteiger partial charge in [0.1, 0.15) is 0 Å². The van der Waals surface area contributed by atoms with Crippen LogP contribution in [0.15, 0.2) is 24.3 Å². The highest BCUT2D eigenvalue weighted by atomic mass is 35.5. The molecule has 0 bridgehead atoms. The molecule has 0 fully saturated rings. The summed E-state index contributed by atoms with van der Waals surface area (Å²) < 4.78 is 0. The first-order valence-electron chi connectivity index (χ1n) is 5.48. The Bertz CT molecular complexity index is 279. The van der Waals surface area contributed by atoms with Gasteiger partial charge in [-0.2, -0.15) is 0 Å². The van der Waals surface area contributed by atoms with Gasteiger partial charge in [-0.05, 0) is 36.0 Å². The number of hydrogen-bond acceptors (Lipinski definition) is 0. The second kappa shape index (κ2) is 6.40. The zero-order valence-corrected chi connectivity index (χ0v) is 10.9. The smallest absolute Gasteiger partial charge is 0.0406 e. The Morgan fingerprint density at radius 1 is 1.20 bits per heavy atom. The Hall–Kier alpha value is -0.200. The zero-order chi connectivity index (χ0) is 11.3. The SMILES string of the molecule is CCC(C)CC(CCl)c1ccc(Cl)cc1. The van der Waals surface area contributed by atoms with Crippen LogP contribution in [0.5, 0.6) is 0 Å². The van der Waals surface area contributed by atoms with Gasteiger partial charge < -0.3 is 0 Å². The molecule has 0 amide bonds. The van der Waals surface area contributed by atoms with Crippen LogP contribution in [-0.4, -0.2) is 5.88 Å². The molecule has 0 saturated carbocycles. The number of benzene rings is 1. The van der Waals surface area contributed by atoms with Crippen molar-refractivity contribution in [2.24, 2.45) is 5.92 Å². The predicted molar refractivity (Wildman–Crippen MR) is 69.0 cm³/mol. The van der Waals surface area contributed by atoms with E-state index in [0.717, 1.165) is 17.4 Å². The minimum absolute atomic E-state index is 0.457. The average Bonchev–Trinajstić information content (AvgIpc) is 2.27. The molecule has 84 valence electrons. The van der Waals surface area contributed by atoms with Gasteiger partial charge in [0.25, 0.3) is 0 Å². The van der Waals surface area contributed by atoms with Crippen LogP contribution in [0, 0.1) is 5.92 Å². The summed E-state index contributed by atoms with van der Waals surface area (Å²) in [6.07, 6.45) is 2.36. The normalized spacial score (nSPS) is 14.9. The van der Waals surface area contributed by atoms with E-state index < -0.39 is 0 Å². The number of halogens is 2. The highest BCUT2D eigenvalue weighted by Gasteiger charge is 2.13. The van der Waals surface area contributed by atoms with Crippen molar-refractivity contribution in [3.05, 3.63) is 34.9 Å². The Morgan fingerprint density at radius 2 is 1.80 bits per heavy atom. The summed E-state index contributed by atoms with van der Waals surface area (Å²) in [4.78, 5) is 0. The Balaban J connectivity index is 2.69. The zero-order valence-electron chi connectivity index (χ0n) is 9.34. The summed E-state index contributed by atoms with van der Waals surface area (Å²) in [6.45, 7) is 4.49. The minimum atomic E-state index is 0.457. The van der Waals surface area contributed by atoms with Crippen molar-refractivity contribution in [3.63, 3.8) is 0 Å². The molecular formula is C13H18Cl2. The van der Waals surface area contributed by atoms with Crippen LogP contribution in [0.2, 0.25) is 5.02 Å². The molecule has 15 heavy (non-hydrogen) atoms. The first-order valence-corrected chi connectivity index (χ1v) is 6.40. The molecule has 0 aromatic heterocycles. The van der Waals surface area contributed by atoms with E-state index in [9.17, 15) is 0 Å². The second-order valence-corrected chi connectivity index (χ2v) is 4.90. The van der Waals surface area contributed by atoms with E-state index in [0.29, 0.717) is 11.8 Å². The number of hydrogen-bond donors (Lipinski definition) is 0. The molecular weight excluding hydrogens is 227 g/mol. The predicted octanol–water partition coefficient (Wildman–Crippen LogP) is 5.10. The molecule has 1 rings (SSSR count). The maximum Gasteiger partial charge on any atom is 0.0406 e. The highest BCUT2D eigenvalue weighted by molar-refractivity contribution is 6.30. The third kappa shape index (κ3) is 4.04. The van der Waals surface area contributed by atoms with Crippen molar-refractivity contribution in [2.45, 2.75) is 32.6 Å². The van der Waals surface area contributed by atoms with E-state index in [4.69, 9.17) is 23.2 Å². The molecule has 1 aromatic rings. The van der Waals surface area contributed by atoms with E-state index in [1.165, 1.54) is 12.0 Å². The molecule has 0 aliphatic carbocycles. The molecule has 2 unspecified atom stereocenters. The molecule has 0 saturated heterocycles. The highest BCUT2D eigenvalue weighted by Crippen LogP contribution is 2.27. The standard InChI is InChI=1S/C13H18Cl2/c1-3-10(2)8-12(9-14)11-4-6-13(15)7-5-11/h4-7,10,12H,3,8-9H2,1-2H3. The largest absolute Gasteiger partial charge is 0.126 e. The van der Waals surface area contributed by atoms with Crippen molar-refractivity contribution < 1.29 is 0 Å². The number of rotatable bonds is 5. The molecule has 1 aromatic carbocycles. The average molecular weight is 245 g/mol. The third-order valence-corrected chi connectivity index (χ3v) is 3.54. The first kappa shape index (κ1) is 12.9. The van der Waals surface area contributed by atoms with Crippen molar-refractivity contribution in [3.8, 4) is 0 Å². The van der Waals surface area contributed by atoms with Crippen LogP contribution in [0.3, 0.4) is 0 Å². The van der Waals surface area contributed by atoms with Crippen LogP contribution in [-0.2, 0) is 0 Å². The molecule has 0 nitrogen and oxygen atoms in total. The van der Waals surface area contributed by atoms with Gasteiger partial charge in [-0.25, -0.2) is 0 Å². The van der Waals surface area contributed by atoms with Gasteiger partial charge in [-0.3, -0.25) is 0 Å². The first-order chi connectivity index (χ1) is 7.17. The van der Waals surface area contributed by atoms with Crippen molar-refractivity contribution in [1.82, 2.24) is 0 Å². The Morgan fingerprint density at radius 3 is 2.27 bits per heavy atom. The number of alkyl halides is 1. The molecule has 2 atom stereocenters. The third-order valence-electron chi connectivity index (χ3n) is 2.91. The fourth-order valence-electron chi connectivity index (χ4n) is 1.68.